The van der Waals surface area contributed by atoms with Crippen molar-refractivity contribution >= 4 is 27.3 Å². The number of piperidine rings is 1. The maximum atomic E-state index is 12.8. The normalized spacial score (nSPS) is 22.8. The number of likely N-dealkylation sites (tertiary alicyclic amines) is 1. The molecule has 1 aliphatic carbocycles. The van der Waals surface area contributed by atoms with Gasteiger partial charge in [0.2, 0.25) is 10.0 Å². The van der Waals surface area contributed by atoms with E-state index in [2.05, 4.69) is 10.8 Å². The zero-order chi connectivity index (χ0) is 15.7. The molecule has 0 radical (unpaired) electrons. The third-order valence-electron chi connectivity index (χ3n) is 4.35. The van der Waals surface area contributed by atoms with E-state index in [1.165, 1.54) is 36.0 Å². The topological polar surface area (TPSA) is 66.5 Å². The molecule has 2 fully saturated rings. The van der Waals surface area contributed by atoms with Gasteiger partial charge in [0.05, 0.1) is 11.1 Å². The van der Waals surface area contributed by atoms with E-state index >= 15 is 0 Å². The lowest BCUT2D eigenvalue weighted by Gasteiger charge is -2.32. The first kappa shape index (κ1) is 16.0. The monoisotopic (exact) mass is 342 g/mol. The summed E-state index contributed by atoms with van der Waals surface area (Å²) in [5.41, 5.74) is 1.21. The number of rotatable bonds is 5. The van der Waals surface area contributed by atoms with E-state index in [0.717, 1.165) is 24.3 Å². The second-order valence-corrected chi connectivity index (χ2v) is 9.11. The standard InChI is InChI=1S/C15H22N2O3S2/c1-22(19,20)16-9-11-3-2-7-17(10-11)15(18)14-13(6-8-21-14)12-4-5-12/h6,8,11-12,16H,2-5,7,9-10H2,1H3. The summed E-state index contributed by atoms with van der Waals surface area (Å²) in [6.07, 6.45) is 5.46. The van der Waals surface area contributed by atoms with Gasteiger partial charge in [-0.25, -0.2) is 13.1 Å². The summed E-state index contributed by atoms with van der Waals surface area (Å²) in [7, 11) is -3.17. The quantitative estimate of drug-likeness (QED) is 0.890. The molecule has 1 aliphatic heterocycles. The summed E-state index contributed by atoms with van der Waals surface area (Å²) in [5, 5.41) is 2.01. The van der Waals surface area contributed by atoms with Crippen LogP contribution in [0.4, 0.5) is 0 Å². The average Bonchev–Trinajstić information content (AvgIpc) is 3.21. The summed E-state index contributed by atoms with van der Waals surface area (Å²) in [4.78, 5) is 15.5. The van der Waals surface area contributed by atoms with E-state index in [0.29, 0.717) is 19.0 Å². The minimum absolute atomic E-state index is 0.126. The van der Waals surface area contributed by atoms with Crippen LogP contribution in [0, 0.1) is 5.92 Å². The van der Waals surface area contributed by atoms with Crippen LogP contribution < -0.4 is 4.72 Å². The highest BCUT2D eigenvalue weighted by Gasteiger charge is 2.32. The van der Waals surface area contributed by atoms with Crippen molar-refractivity contribution in [2.24, 2.45) is 5.92 Å². The van der Waals surface area contributed by atoms with Crippen molar-refractivity contribution in [3.8, 4) is 0 Å². The van der Waals surface area contributed by atoms with E-state index in [4.69, 9.17) is 0 Å². The lowest BCUT2D eigenvalue weighted by atomic mass is 9.98. The molecule has 1 atom stereocenters. The molecule has 122 valence electrons. The first-order chi connectivity index (χ1) is 10.4. The third kappa shape index (κ3) is 3.88. The molecule has 22 heavy (non-hydrogen) atoms. The van der Waals surface area contributed by atoms with Gasteiger partial charge >= 0.3 is 0 Å². The van der Waals surface area contributed by atoms with Gasteiger partial charge in [-0.2, -0.15) is 0 Å². The van der Waals surface area contributed by atoms with Crippen LogP contribution in [0.5, 0.6) is 0 Å². The molecule has 1 unspecified atom stereocenters. The van der Waals surface area contributed by atoms with Crippen LogP contribution in [-0.2, 0) is 10.0 Å². The van der Waals surface area contributed by atoms with E-state index in [9.17, 15) is 13.2 Å². The van der Waals surface area contributed by atoms with Gasteiger partial charge in [0.25, 0.3) is 5.91 Å². The Morgan fingerprint density at radius 3 is 2.86 bits per heavy atom. The SMILES string of the molecule is CS(=O)(=O)NCC1CCCN(C(=O)c2sccc2C2CC2)C1. The molecule has 1 saturated heterocycles. The Balaban J connectivity index is 1.63. The van der Waals surface area contributed by atoms with Crippen LogP contribution in [-0.4, -0.2) is 45.1 Å². The highest BCUT2D eigenvalue weighted by molar-refractivity contribution is 7.88. The Morgan fingerprint density at radius 2 is 2.18 bits per heavy atom. The molecule has 1 N–H and O–H groups in total. The Hall–Kier alpha value is -0.920. The summed E-state index contributed by atoms with van der Waals surface area (Å²) in [5.74, 6) is 0.912. The number of nitrogens with zero attached hydrogens (tertiary/aromatic N) is 1. The van der Waals surface area contributed by atoms with Crippen LogP contribution in [0.25, 0.3) is 0 Å². The number of amides is 1. The largest absolute Gasteiger partial charge is 0.338 e. The van der Waals surface area contributed by atoms with Crippen molar-refractivity contribution in [1.82, 2.24) is 9.62 Å². The van der Waals surface area contributed by atoms with Gasteiger partial charge in [-0.3, -0.25) is 4.79 Å². The molecule has 0 bridgehead atoms. The van der Waals surface area contributed by atoms with Crippen molar-refractivity contribution in [1.29, 1.82) is 0 Å². The number of carbonyl (C=O) groups is 1. The van der Waals surface area contributed by atoms with Crippen molar-refractivity contribution in [2.45, 2.75) is 31.6 Å². The molecule has 3 rings (SSSR count). The number of thiophene rings is 1. The Labute approximate surface area is 135 Å². The predicted octanol–water partition coefficient (Wildman–Crippen LogP) is 2.03. The molecule has 1 aromatic rings. The maximum absolute atomic E-state index is 12.8. The zero-order valence-electron chi connectivity index (χ0n) is 12.7. The Kier molecular flexibility index (Phi) is 4.56. The Morgan fingerprint density at radius 1 is 1.41 bits per heavy atom. The van der Waals surface area contributed by atoms with Crippen LogP contribution >= 0.6 is 11.3 Å². The Bertz CT molecular complexity index is 649. The summed E-state index contributed by atoms with van der Waals surface area (Å²) in [6, 6.07) is 2.09. The molecule has 7 heteroatoms. The number of carbonyl (C=O) groups excluding carboxylic acids is 1. The van der Waals surface area contributed by atoms with Crippen molar-refractivity contribution in [3.05, 3.63) is 21.9 Å². The fourth-order valence-electron chi connectivity index (χ4n) is 3.04. The van der Waals surface area contributed by atoms with Crippen molar-refractivity contribution < 1.29 is 13.2 Å². The number of nitrogens with one attached hydrogen (secondary N) is 1. The van der Waals surface area contributed by atoms with E-state index in [1.807, 2.05) is 10.3 Å². The van der Waals surface area contributed by atoms with Crippen LogP contribution in [0.3, 0.4) is 0 Å². The molecule has 1 aromatic heterocycles. The number of sulfonamides is 1. The van der Waals surface area contributed by atoms with E-state index in [-0.39, 0.29) is 11.8 Å². The average molecular weight is 342 g/mol. The fraction of sp³-hybridized carbons (Fsp3) is 0.667. The van der Waals surface area contributed by atoms with Gasteiger partial charge in [0.15, 0.2) is 0 Å². The first-order valence-electron chi connectivity index (χ1n) is 7.75. The second-order valence-electron chi connectivity index (χ2n) is 6.36. The second kappa shape index (κ2) is 6.29. The summed E-state index contributed by atoms with van der Waals surface area (Å²) < 4.78 is 25.0. The molecule has 2 aliphatic rings. The zero-order valence-corrected chi connectivity index (χ0v) is 14.4. The minimum atomic E-state index is -3.17. The van der Waals surface area contributed by atoms with Gasteiger partial charge in [-0.05, 0) is 54.5 Å². The molecule has 1 amide bonds. The molecule has 0 aromatic carbocycles. The summed E-state index contributed by atoms with van der Waals surface area (Å²) in [6.45, 7) is 1.84. The number of hydrogen-bond acceptors (Lipinski definition) is 4. The summed E-state index contributed by atoms with van der Waals surface area (Å²) >= 11 is 1.54. The van der Waals surface area contributed by atoms with Gasteiger partial charge in [-0.15, -0.1) is 11.3 Å². The first-order valence-corrected chi connectivity index (χ1v) is 10.5. The highest BCUT2D eigenvalue weighted by Crippen LogP contribution is 2.43. The smallest absolute Gasteiger partial charge is 0.264 e. The van der Waals surface area contributed by atoms with Crippen molar-refractivity contribution in [2.75, 3.05) is 25.9 Å². The van der Waals surface area contributed by atoms with E-state index in [1.54, 1.807) is 0 Å². The van der Waals surface area contributed by atoms with Gasteiger partial charge in [0.1, 0.15) is 0 Å². The predicted molar refractivity (Wildman–Crippen MR) is 87.8 cm³/mol. The molecule has 1 saturated carbocycles. The molecule has 5 nitrogen and oxygen atoms in total. The van der Waals surface area contributed by atoms with Gasteiger partial charge in [0, 0.05) is 19.6 Å². The maximum Gasteiger partial charge on any atom is 0.264 e. The van der Waals surface area contributed by atoms with Crippen LogP contribution in [0.2, 0.25) is 0 Å². The number of hydrogen-bond donors (Lipinski definition) is 1. The minimum Gasteiger partial charge on any atom is -0.338 e. The lowest BCUT2D eigenvalue weighted by molar-refractivity contribution is 0.0680. The van der Waals surface area contributed by atoms with Gasteiger partial charge in [-0.1, -0.05) is 0 Å². The van der Waals surface area contributed by atoms with E-state index < -0.39 is 10.0 Å². The third-order valence-corrected chi connectivity index (χ3v) is 5.96. The lowest BCUT2D eigenvalue weighted by Crippen LogP contribution is -2.43. The van der Waals surface area contributed by atoms with Crippen LogP contribution in [0.15, 0.2) is 11.4 Å². The molecular formula is C15H22N2O3S2. The highest BCUT2D eigenvalue weighted by atomic mass is 32.2. The molecular weight excluding hydrogens is 320 g/mol. The van der Waals surface area contributed by atoms with Crippen LogP contribution in [0.1, 0.15) is 46.8 Å². The fourth-order valence-corrected chi connectivity index (χ4v) is 4.53. The molecule has 2 heterocycles. The molecule has 0 spiro atoms. The van der Waals surface area contributed by atoms with Gasteiger partial charge < -0.3 is 4.90 Å². The van der Waals surface area contributed by atoms with Crippen molar-refractivity contribution in [3.63, 3.8) is 0 Å².